The van der Waals surface area contributed by atoms with Gasteiger partial charge in [0, 0.05) is 16.0 Å². The van der Waals surface area contributed by atoms with E-state index in [1.165, 1.54) is 4.90 Å². The Morgan fingerprint density at radius 1 is 1.14 bits per heavy atom. The van der Waals surface area contributed by atoms with Crippen LogP contribution in [-0.2, 0) is 0 Å². The van der Waals surface area contributed by atoms with Crippen LogP contribution in [0.5, 0.6) is 0 Å². The molecule has 0 bridgehead atoms. The van der Waals surface area contributed by atoms with Crippen molar-refractivity contribution in [1.82, 2.24) is 5.32 Å². The molecule has 1 aromatic heterocycles. The number of nitrogens with one attached hydrogen (secondary N) is 1. The van der Waals surface area contributed by atoms with Crippen molar-refractivity contribution in [3.63, 3.8) is 0 Å². The zero-order chi connectivity index (χ0) is 14.7. The van der Waals surface area contributed by atoms with E-state index in [0.29, 0.717) is 5.02 Å². The highest BCUT2D eigenvalue weighted by molar-refractivity contribution is 7.99. The van der Waals surface area contributed by atoms with Crippen molar-refractivity contribution in [2.24, 2.45) is 0 Å². The summed E-state index contributed by atoms with van der Waals surface area (Å²) in [6, 6.07) is 18.4. The van der Waals surface area contributed by atoms with Gasteiger partial charge in [0.2, 0.25) is 0 Å². The third kappa shape index (κ3) is 3.26. The van der Waals surface area contributed by atoms with Gasteiger partial charge in [0.15, 0.2) is 5.58 Å². The summed E-state index contributed by atoms with van der Waals surface area (Å²) in [5, 5.41) is 5.01. The second-order valence-electron chi connectivity index (χ2n) is 4.77. The second-order valence-corrected chi connectivity index (χ2v) is 6.27. The van der Waals surface area contributed by atoms with Crippen LogP contribution in [0.4, 0.5) is 0 Å². The smallest absolute Gasteiger partial charge is 0.152 e. The zero-order valence-corrected chi connectivity index (χ0v) is 13.2. The predicted octanol–water partition coefficient (Wildman–Crippen LogP) is 5.14. The molecular weight excluding hydrogens is 302 g/mol. The van der Waals surface area contributed by atoms with Crippen molar-refractivity contribution in [2.75, 3.05) is 12.8 Å². The van der Waals surface area contributed by atoms with Gasteiger partial charge in [-0.2, -0.15) is 0 Å². The van der Waals surface area contributed by atoms with E-state index in [9.17, 15) is 0 Å². The average molecular weight is 318 g/mol. The highest BCUT2D eigenvalue weighted by Gasteiger charge is 2.16. The van der Waals surface area contributed by atoms with E-state index in [0.717, 1.165) is 22.5 Å². The second kappa shape index (κ2) is 6.56. The van der Waals surface area contributed by atoms with Crippen LogP contribution in [0.3, 0.4) is 0 Å². The molecule has 21 heavy (non-hydrogen) atoms. The fraction of sp³-hybridized carbons (Fsp3) is 0.176. The minimum Gasteiger partial charge on any atom is -0.458 e. The molecule has 3 rings (SSSR count). The molecule has 4 heteroatoms. The number of rotatable bonds is 5. The Balaban J connectivity index is 1.80. The highest BCUT2D eigenvalue weighted by atomic mass is 35.5. The maximum Gasteiger partial charge on any atom is 0.152 e. The van der Waals surface area contributed by atoms with Crippen molar-refractivity contribution in [1.29, 1.82) is 0 Å². The van der Waals surface area contributed by atoms with Crippen molar-refractivity contribution >= 4 is 34.3 Å². The summed E-state index contributed by atoms with van der Waals surface area (Å²) in [7, 11) is 1.95. The van der Waals surface area contributed by atoms with Gasteiger partial charge in [-0.3, -0.25) is 0 Å². The molecule has 2 aromatic carbocycles. The van der Waals surface area contributed by atoms with Gasteiger partial charge < -0.3 is 9.73 Å². The Morgan fingerprint density at radius 2 is 1.95 bits per heavy atom. The van der Waals surface area contributed by atoms with Crippen molar-refractivity contribution in [2.45, 2.75) is 10.9 Å². The fourth-order valence-electron chi connectivity index (χ4n) is 2.22. The average Bonchev–Trinajstić information content (AvgIpc) is 2.94. The van der Waals surface area contributed by atoms with Crippen LogP contribution >= 0.6 is 23.4 Å². The molecule has 0 aliphatic heterocycles. The van der Waals surface area contributed by atoms with E-state index in [-0.39, 0.29) is 6.04 Å². The number of hydrogen-bond acceptors (Lipinski definition) is 3. The Bertz CT molecular complexity index is 726. The monoisotopic (exact) mass is 317 g/mol. The Labute approximate surface area is 133 Å². The van der Waals surface area contributed by atoms with Gasteiger partial charge in [0.25, 0.3) is 0 Å². The first-order valence-corrected chi connectivity index (χ1v) is 8.17. The molecule has 1 N–H and O–H groups in total. The molecule has 0 aliphatic rings. The summed E-state index contributed by atoms with van der Waals surface area (Å²) in [4.78, 5) is 1.26. The third-order valence-electron chi connectivity index (χ3n) is 3.37. The minimum absolute atomic E-state index is 0.152. The van der Waals surface area contributed by atoms with Crippen LogP contribution in [0.2, 0.25) is 5.02 Å². The molecule has 0 spiro atoms. The van der Waals surface area contributed by atoms with E-state index >= 15 is 0 Å². The zero-order valence-electron chi connectivity index (χ0n) is 11.7. The Morgan fingerprint density at radius 3 is 2.67 bits per heavy atom. The van der Waals surface area contributed by atoms with Gasteiger partial charge in [-0.15, -0.1) is 11.8 Å². The molecule has 0 amide bonds. The summed E-state index contributed by atoms with van der Waals surface area (Å²) in [6.45, 7) is 0. The van der Waals surface area contributed by atoms with Crippen LogP contribution in [-0.4, -0.2) is 12.8 Å². The molecule has 1 unspecified atom stereocenters. The van der Waals surface area contributed by atoms with Crippen LogP contribution < -0.4 is 5.32 Å². The summed E-state index contributed by atoms with van der Waals surface area (Å²) in [6.07, 6.45) is 0. The summed E-state index contributed by atoms with van der Waals surface area (Å²) in [5.41, 5.74) is 0.763. The van der Waals surface area contributed by atoms with E-state index in [4.69, 9.17) is 16.0 Å². The Kier molecular flexibility index (Phi) is 4.54. The topological polar surface area (TPSA) is 25.2 Å². The third-order valence-corrected chi connectivity index (χ3v) is 4.77. The number of thioether (sulfide) groups is 1. The summed E-state index contributed by atoms with van der Waals surface area (Å²) < 4.78 is 5.93. The van der Waals surface area contributed by atoms with Crippen LogP contribution in [0.15, 0.2) is 63.9 Å². The largest absolute Gasteiger partial charge is 0.458 e. The molecule has 1 heterocycles. The van der Waals surface area contributed by atoms with E-state index < -0.39 is 0 Å². The molecule has 0 aliphatic carbocycles. The van der Waals surface area contributed by atoms with E-state index in [2.05, 4.69) is 35.6 Å². The molecule has 1 atom stereocenters. The standard InChI is InChI=1S/C17H16ClNOS/c1-19-15(11-21-13-7-3-2-4-8-13)16-10-12-6-5-9-14(18)17(12)20-16/h2-10,15,19H,11H2,1H3. The Hall–Kier alpha value is -1.42. The van der Waals surface area contributed by atoms with Crippen LogP contribution in [0, 0.1) is 0 Å². The van der Waals surface area contributed by atoms with Crippen LogP contribution in [0.25, 0.3) is 11.0 Å². The van der Waals surface area contributed by atoms with Gasteiger partial charge in [-0.25, -0.2) is 0 Å². The van der Waals surface area contributed by atoms with Crippen LogP contribution in [0.1, 0.15) is 11.8 Å². The maximum atomic E-state index is 6.17. The first-order chi connectivity index (χ1) is 10.3. The van der Waals surface area contributed by atoms with Crippen molar-refractivity contribution < 1.29 is 4.42 Å². The molecule has 0 saturated heterocycles. The van der Waals surface area contributed by atoms with Gasteiger partial charge in [0.1, 0.15) is 5.76 Å². The number of para-hydroxylation sites is 1. The molecule has 2 nitrogen and oxygen atoms in total. The first kappa shape index (κ1) is 14.5. The lowest BCUT2D eigenvalue weighted by Gasteiger charge is -2.12. The van der Waals surface area contributed by atoms with E-state index in [1.54, 1.807) is 11.8 Å². The number of benzene rings is 2. The predicted molar refractivity (Wildman–Crippen MR) is 90.2 cm³/mol. The number of fused-ring (bicyclic) bond motifs is 1. The lowest BCUT2D eigenvalue weighted by Crippen LogP contribution is -2.17. The highest BCUT2D eigenvalue weighted by Crippen LogP contribution is 2.31. The summed E-state index contributed by atoms with van der Waals surface area (Å²) >= 11 is 7.98. The SMILES string of the molecule is CNC(CSc1ccccc1)c1cc2cccc(Cl)c2o1. The minimum atomic E-state index is 0.152. The molecule has 0 fully saturated rings. The summed E-state index contributed by atoms with van der Waals surface area (Å²) in [5.74, 6) is 1.82. The molecule has 108 valence electrons. The number of hydrogen-bond donors (Lipinski definition) is 1. The van der Waals surface area contributed by atoms with E-state index in [1.807, 2.05) is 31.3 Å². The normalized spacial score (nSPS) is 12.7. The first-order valence-electron chi connectivity index (χ1n) is 6.81. The number of halogens is 1. The quantitative estimate of drug-likeness (QED) is 0.660. The molecule has 3 aromatic rings. The lowest BCUT2D eigenvalue weighted by atomic mass is 10.2. The molecule has 0 radical (unpaired) electrons. The molecule has 0 saturated carbocycles. The fourth-order valence-corrected chi connectivity index (χ4v) is 3.48. The maximum absolute atomic E-state index is 6.17. The number of furan rings is 1. The molecular formula is C17H16ClNOS. The van der Waals surface area contributed by atoms with Gasteiger partial charge in [-0.05, 0) is 31.3 Å². The van der Waals surface area contributed by atoms with Gasteiger partial charge in [0.05, 0.1) is 11.1 Å². The van der Waals surface area contributed by atoms with Crippen molar-refractivity contribution in [3.05, 3.63) is 65.4 Å². The van der Waals surface area contributed by atoms with Gasteiger partial charge >= 0.3 is 0 Å². The lowest BCUT2D eigenvalue weighted by molar-refractivity contribution is 0.479. The van der Waals surface area contributed by atoms with Gasteiger partial charge in [-0.1, -0.05) is 41.9 Å². The van der Waals surface area contributed by atoms with Crippen molar-refractivity contribution in [3.8, 4) is 0 Å².